The molecule has 5 heteroatoms. The topological polar surface area (TPSA) is 59.1 Å². The minimum absolute atomic E-state index is 0.258. The summed E-state index contributed by atoms with van der Waals surface area (Å²) in [6.45, 7) is 1.78. The van der Waals surface area contributed by atoms with Gasteiger partial charge in [0.1, 0.15) is 0 Å². The number of hydrogen-bond acceptors (Lipinski definition) is 3. The van der Waals surface area contributed by atoms with Gasteiger partial charge in [-0.15, -0.1) is 0 Å². The van der Waals surface area contributed by atoms with Gasteiger partial charge in [0, 0.05) is 6.20 Å². The van der Waals surface area contributed by atoms with Gasteiger partial charge in [0.2, 0.25) is 10.0 Å². The van der Waals surface area contributed by atoms with E-state index in [9.17, 15) is 8.42 Å². The van der Waals surface area contributed by atoms with E-state index in [1.807, 2.05) is 36.4 Å². The summed E-state index contributed by atoms with van der Waals surface area (Å²) in [6, 6.07) is 17.8. The minimum atomic E-state index is -3.59. The zero-order valence-corrected chi connectivity index (χ0v) is 12.9. The summed E-state index contributed by atoms with van der Waals surface area (Å²) in [7, 11) is -3.59. The lowest BCUT2D eigenvalue weighted by Gasteiger charge is -2.14. The highest BCUT2D eigenvalue weighted by Crippen LogP contribution is 2.20. The smallest absolute Gasteiger partial charge is 0.241 e. The van der Waals surface area contributed by atoms with Crippen molar-refractivity contribution in [1.29, 1.82) is 0 Å². The fourth-order valence-electron chi connectivity index (χ4n) is 2.33. The van der Waals surface area contributed by atoms with Crippen LogP contribution in [0, 0.1) is 0 Å². The second-order valence-corrected chi connectivity index (χ2v) is 6.82. The molecule has 0 aliphatic carbocycles. The summed E-state index contributed by atoms with van der Waals surface area (Å²) in [5.74, 6) is 0. The van der Waals surface area contributed by atoms with Gasteiger partial charge in [-0.2, -0.15) is 0 Å². The number of rotatable bonds is 4. The highest BCUT2D eigenvalue weighted by atomic mass is 32.2. The second-order valence-electron chi connectivity index (χ2n) is 5.11. The number of aromatic nitrogens is 1. The number of nitrogens with zero attached hydrogens (tertiary/aromatic N) is 1. The van der Waals surface area contributed by atoms with Crippen molar-refractivity contribution in [3.8, 4) is 0 Å². The molecule has 3 rings (SSSR count). The van der Waals surface area contributed by atoms with Crippen LogP contribution < -0.4 is 4.72 Å². The molecule has 1 atom stereocenters. The first-order valence-corrected chi connectivity index (χ1v) is 8.47. The number of sulfonamides is 1. The van der Waals surface area contributed by atoms with Crippen LogP contribution in [0.15, 0.2) is 71.8 Å². The molecule has 0 aliphatic heterocycles. The Morgan fingerprint density at radius 3 is 2.41 bits per heavy atom. The van der Waals surface area contributed by atoms with Crippen molar-refractivity contribution in [2.24, 2.45) is 0 Å². The highest BCUT2D eigenvalue weighted by molar-refractivity contribution is 7.89. The zero-order valence-electron chi connectivity index (χ0n) is 12.1. The summed E-state index contributed by atoms with van der Waals surface area (Å²) in [4.78, 5) is 4.44. The quantitative estimate of drug-likeness (QED) is 0.804. The van der Waals surface area contributed by atoms with Crippen LogP contribution >= 0.6 is 0 Å². The molecule has 0 fully saturated rings. The maximum Gasteiger partial charge on any atom is 0.241 e. The maximum atomic E-state index is 12.5. The van der Waals surface area contributed by atoms with Crippen LogP contribution in [0.4, 0.5) is 0 Å². The molecule has 4 nitrogen and oxygen atoms in total. The third-order valence-corrected chi connectivity index (χ3v) is 5.03. The van der Waals surface area contributed by atoms with Crippen LogP contribution in [0.2, 0.25) is 0 Å². The van der Waals surface area contributed by atoms with E-state index in [1.165, 1.54) is 0 Å². The first kappa shape index (κ1) is 14.7. The van der Waals surface area contributed by atoms with E-state index in [0.29, 0.717) is 5.69 Å². The van der Waals surface area contributed by atoms with Crippen LogP contribution in [0.1, 0.15) is 18.7 Å². The molecule has 1 aromatic heterocycles. The van der Waals surface area contributed by atoms with Crippen molar-refractivity contribution < 1.29 is 8.42 Å². The molecule has 1 heterocycles. The Hall–Kier alpha value is -2.24. The lowest BCUT2D eigenvalue weighted by molar-refractivity contribution is 0.564. The Balaban J connectivity index is 1.91. The van der Waals surface area contributed by atoms with Crippen LogP contribution in [0.25, 0.3) is 10.8 Å². The van der Waals surface area contributed by atoms with Gasteiger partial charge < -0.3 is 0 Å². The van der Waals surface area contributed by atoms with E-state index in [4.69, 9.17) is 0 Å². The average Bonchev–Trinajstić information content (AvgIpc) is 2.55. The molecule has 0 saturated carbocycles. The SMILES string of the molecule is CC(NS(=O)(=O)c1ccc2ccccc2c1)c1ccccn1. The number of benzene rings is 2. The third kappa shape index (κ3) is 3.00. The largest absolute Gasteiger partial charge is 0.260 e. The first-order valence-electron chi connectivity index (χ1n) is 6.98. The van der Waals surface area contributed by atoms with Gasteiger partial charge in [-0.05, 0) is 42.0 Å². The molecule has 0 amide bonds. The Kier molecular flexibility index (Phi) is 3.92. The monoisotopic (exact) mass is 312 g/mol. The molecule has 1 unspecified atom stereocenters. The summed E-state index contributed by atoms with van der Waals surface area (Å²) in [5, 5.41) is 1.91. The standard InChI is InChI=1S/C17H16N2O2S/c1-13(17-8-4-5-11-18-17)19-22(20,21)16-10-9-14-6-2-3-7-15(14)12-16/h2-13,19H,1H3. The van der Waals surface area contributed by atoms with Gasteiger partial charge in [-0.3, -0.25) is 4.98 Å². The summed E-state index contributed by atoms with van der Waals surface area (Å²) >= 11 is 0. The van der Waals surface area contributed by atoms with E-state index in [1.54, 1.807) is 37.4 Å². The van der Waals surface area contributed by atoms with Crippen molar-refractivity contribution in [2.75, 3.05) is 0 Å². The lowest BCUT2D eigenvalue weighted by Crippen LogP contribution is -2.27. The number of fused-ring (bicyclic) bond motifs is 1. The molecule has 2 aromatic carbocycles. The van der Waals surface area contributed by atoms with Crippen LogP contribution in [-0.2, 0) is 10.0 Å². The fourth-order valence-corrected chi connectivity index (χ4v) is 3.58. The van der Waals surface area contributed by atoms with Crippen LogP contribution in [0.3, 0.4) is 0 Å². The molecular formula is C17H16N2O2S. The number of nitrogens with one attached hydrogen (secondary N) is 1. The van der Waals surface area contributed by atoms with E-state index >= 15 is 0 Å². The van der Waals surface area contributed by atoms with Gasteiger partial charge in [-0.25, -0.2) is 13.1 Å². The molecular weight excluding hydrogens is 296 g/mol. The Morgan fingerprint density at radius 1 is 0.955 bits per heavy atom. The molecule has 1 N–H and O–H groups in total. The number of hydrogen-bond donors (Lipinski definition) is 1. The molecule has 3 aromatic rings. The van der Waals surface area contributed by atoms with E-state index in [-0.39, 0.29) is 4.90 Å². The molecule has 0 saturated heterocycles. The molecule has 0 aliphatic rings. The Morgan fingerprint density at radius 2 is 1.68 bits per heavy atom. The van der Waals surface area contributed by atoms with Gasteiger partial charge in [0.25, 0.3) is 0 Å². The molecule has 0 bridgehead atoms. The maximum absolute atomic E-state index is 12.5. The first-order chi connectivity index (χ1) is 10.6. The molecule has 112 valence electrons. The molecule has 0 radical (unpaired) electrons. The third-order valence-electron chi connectivity index (χ3n) is 3.49. The Labute approximate surface area is 129 Å². The predicted molar refractivity (Wildman–Crippen MR) is 86.9 cm³/mol. The highest BCUT2D eigenvalue weighted by Gasteiger charge is 2.19. The van der Waals surface area contributed by atoms with Gasteiger partial charge in [-0.1, -0.05) is 36.4 Å². The molecule has 0 spiro atoms. The summed E-state index contributed by atoms with van der Waals surface area (Å²) in [5.41, 5.74) is 0.687. The van der Waals surface area contributed by atoms with Crippen molar-refractivity contribution in [2.45, 2.75) is 17.9 Å². The fraction of sp³-hybridized carbons (Fsp3) is 0.118. The summed E-state index contributed by atoms with van der Waals surface area (Å²) < 4.78 is 27.7. The van der Waals surface area contributed by atoms with Crippen molar-refractivity contribution in [3.05, 3.63) is 72.6 Å². The number of pyridine rings is 1. The van der Waals surface area contributed by atoms with Crippen LogP contribution in [0.5, 0.6) is 0 Å². The van der Waals surface area contributed by atoms with Crippen molar-refractivity contribution in [3.63, 3.8) is 0 Å². The minimum Gasteiger partial charge on any atom is -0.260 e. The molecule has 22 heavy (non-hydrogen) atoms. The second kappa shape index (κ2) is 5.87. The van der Waals surface area contributed by atoms with Crippen LogP contribution in [-0.4, -0.2) is 13.4 Å². The van der Waals surface area contributed by atoms with Crippen molar-refractivity contribution in [1.82, 2.24) is 9.71 Å². The van der Waals surface area contributed by atoms with Gasteiger partial charge >= 0.3 is 0 Å². The van der Waals surface area contributed by atoms with Gasteiger partial charge in [0.05, 0.1) is 16.6 Å². The van der Waals surface area contributed by atoms with Crippen molar-refractivity contribution >= 4 is 20.8 Å². The average molecular weight is 312 g/mol. The van der Waals surface area contributed by atoms with E-state index in [2.05, 4.69) is 9.71 Å². The van der Waals surface area contributed by atoms with E-state index in [0.717, 1.165) is 10.8 Å². The normalized spacial score (nSPS) is 13.1. The zero-order chi connectivity index (χ0) is 15.6. The lowest BCUT2D eigenvalue weighted by atomic mass is 10.1. The van der Waals surface area contributed by atoms with E-state index < -0.39 is 16.1 Å². The van der Waals surface area contributed by atoms with Gasteiger partial charge in [0.15, 0.2) is 0 Å². The Bertz CT molecular complexity index is 893. The predicted octanol–water partition coefficient (Wildman–Crippen LogP) is 3.27. The summed E-state index contributed by atoms with van der Waals surface area (Å²) in [6.07, 6.45) is 1.65.